The number of carbonyl (C=O) groups is 1. The largest absolute Gasteiger partial charge is 0.352 e. The van der Waals surface area contributed by atoms with E-state index in [0.29, 0.717) is 17.7 Å². The van der Waals surface area contributed by atoms with Crippen LogP contribution in [0.2, 0.25) is 0 Å². The molecule has 0 atom stereocenters. The van der Waals surface area contributed by atoms with Crippen molar-refractivity contribution in [3.63, 3.8) is 0 Å². The minimum Gasteiger partial charge on any atom is -0.352 e. The first-order valence-electron chi connectivity index (χ1n) is 7.27. The molecule has 1 amide bonds. The van der Waals surface area contributed by atoms with Gasteiger partial charge in [-0.2, -0.15) is 5.26 Å². The average molecular weight is 272 g/mol. The predicted octanol–water partition coefficient (Wildman–Crippen LogP) is 3.89. The van der Waals surface area contributed by atoms with Gasteiger partial charge >= 0.3 is 0 Å². The highest BCUT2D eigenvalue weighted by Crippen LogP contribution is 2.22. The molecule has 0 fully saturated rings. The van der Waals surface area contributed by atoms with Gasteiger partial charge in [0.05, 0.1) is 11.6 Å². The molecule has 0 aliphatic carbocycles. The molecule has 0 saturated carbocycles. The maximum absolute atomic E-state index is 12.1. The number of nitrogens with one attached hydrogen (secondary N) is 1. The molecular weight excluding hydrogens is 248 g/mol. The number of benzene rings is 1. The van der Waals surface area contributed by atoms with E-state index in [1.165, 1.54) is 19.3 Å². The molecule has 0 unspecified atom stereocenters. The van der Waals surface area contributed by atoms with Gasteiger partial charge in [-0.1, -0.05) is 46.1 Å². The second-order valence-electron chi connectivity index (χ2n) is 6.00. The van der Waals surface area contributed by atoms with Crippen molar-refractivity contribution >= 4 is 5.91 Å². The van der Waals surface area contributed by atoms with Gasteiger partial charge in [0.1, 0.15) is 0 Å². The molecule has 0 heterocycles. The van der Waals surface area contributed by atoms with E-state index >= 15 is 0 Å². The van der Waals surface area contributed by atoms with E-state index in [1.54, 1.807) is 24.3 Å². The maximum Gasteiger partial charge on any atom is 0.251 e. The summed E-state index contributed by atoms with van der Waals surface area (Å²) in [6.45, 7) is 7.20. The Morgan fingerprint density at radius 2 is 2.10 bits per heavy atom. The third kappa shape index (κ3) is 5.44. The van der Waals surface area contributed by atoms with Crippen molar-refractivity contribution in [1.82, 2.24) is 5.32 Å². The lowest BCUT2D eigenvalue weighted by Crippen LogP contribution is -2.34. The van der Waals surface area contributed by atoms with Crippen molar-refractivity contribution in [2.75, 3.05) is 6.54 Å². The predicted molar refractivity (Wildman–Crippen MR) is 81.4 cm³/mol. The molecule has 0 aromatic heterocycles. The summed E-state index contributed by atoms with van der Waals surface area (Å²) in [7, 11) is 0. The molecule has 1 rings (SSSR count). The SMILES string of the molecule is CCCCCC(C)(C)CNC(=O)c1cccc(C#N)c1. The summed E-state index contributed by atoms with van der Waals surface area (Å²) in [6, 6.07) is 8.85. The summed E-state index contributed by atoms with van der Waals surface area (Å²) < 4.78 is 0. The number of unbranched alkanes of at least 4 members (excludes halogenated alkanes) is 2. The van der Waals surface area contributed by atoms with Crippen molar-refractivity contribution in [2.45, 2.75) is 46.5 Å². The molecular formula is C17H24N2O. The Kier molecular flexibility index (Phi) is 6.24. The van der Waals surface area contributed by atoms with Crippen molar-refractivity contribution in [2.24, 2.45) is 5.41 Å². The van der Waals surface area contributed by atoms with Gasteiger partial charge in [0, 0.05) is 12.1 Å². The second-order valence-corrected chi connectivity index (χ2v) is 6.00. The smallest absolute Gasteiger partial charge is 0.251 e. The number of amides is 1. The van der Waals surface area contributed by atoms with Gasteiger partial charge in [0.2, 0.25) is 0 Å². The average Bonchev–Trinajstić information content (AvgIpc) is 2.45. The fraction of sp³-hybridized carbons (Fsp3) is 0.529. The van der Waals surface area contributed by atoms with E-state index in [2.05, 4.69) is 26.1 Å². The van der Waals surface area contributed by atoms with Crippen LogP contribution >= 0.6 is 0 Å². The van der Waals surface area contributed by atoms with Crippen molar-refractivity contribution in [3.8, 4) is 6.07 Å². The number of rotatable bonds is 7. The Labute approximate surface area is 122 Å². The quantitative estimate of drug-likeness (QED) is 0.765. The molecule has 0 radical (unpaired) electrons. The number of nitriles is 1. The fourth-order valence-corrected chi connectivity index (χ4v) is 2.09. The molecule has 3 heteroatoms. The third-order valence-electron chi connectivity index (χ3n) is 3.44. The van der Waals surface area contributed by atoms with Crippen LogP contribution in [0.25, 0.3) is 0 Å². The Morgan fingerprint density at radius 1 is 1.35 bits per heavy atom. The van der Waals surface area contributed by atoms with E-state index in [4.69, 9.17) is 5.26 Å². The lowest BCUT2D eigenvalue weighted by Gasteiger charge is -2.25. The fourth-order valence-electron chi connectivity index (χ4n) is 2.09. The van der Waals surface area contributed by atoms with Crippen LogP contribution in [0.15, 0.2) is 24.3 Å². The summed E-state index contributed by atoms with van der Waals surface area (Å²) in [5, 5.41) is 11.8. The molecule has 1 aromatic rings. The highest BCUT2D eigenvalue weighted by atomic mass is 16.1. The van der Waals surface area contributed by atoms with Crippen LogP contribution in [0.1, 0.15) is 62.4 Å². The van der Waals surface area contributed by atoms with Crippen LogP contribution in [-0.4, -0.2) is 12.5 Å². The van der Waals surface area contributed by atoms with E-state index < -0.39 is 0 Å². The molecule has 1 N–H and O–H groups in total. The number of carbonyl (C=O) groups excluding carboxylic acids is 1. The second kappa shape index (κ2) is 7.69. The zero-order valence-corrected chi connectivity index (χ0v) is 12.7. The molecule has 1 aromatic carbocycles. The summed E-state index contributed by atoms with van der Waals surface area (Å²) >= 11 is 0. The number of hydrogen-bond acceptors (Lipinski definition) is 2. The standard InChI is InChI=1S/C17H24N2O/c1-4-5-6-10-17(2,3)13-19-16(20)15-9-7-8-14(11-15)12-18/h7-9,11H,4-6,10,13H2,1-3H3,(H,19,20). The maximum atomic E-state index is 12.1. The van der Waals surface area contributed by atoms with Crippen LogP contribution in [-0.2, 0) is 0 Å². The van der Waals surface area contributed by atoms with Gasteiger partial charge in [-0.15, -0.1) is 0 Å². The molecule has 0 bridgehead atoms. The Hall–Kier alpha value is -1.82. The molecule has 20 heavy (non-hydrogen) atoms. The summed E-state index contributed by atoms with van der Waals surface area (Å²) in [4.78, 5) is 12.1. The highest BCUT2D eigenvalue weighted by Gasteiger charge is 2.18. The van der Waals surface area contributed by atoms with Gasteiger partial charge < -0.3 is 5.32 Å². The molecule has 0 spiro atoms. The van der Waals surface area contributed by atoms with Crippen LogP contribution in [0.4, 0.5) is 0 Å². The van der Waals surface area contributed by atoms with Crippen LogP contribution in [0, 0.1) is 16.7 Å². The van der Waals surface area contributed by atoms with Gasteiger partial charge in [-0.25, -0.2) is 0 Å². The highest BCUT2D eigenvalue weighted by molar-refractivity contribution is 5.94. The first-order valence-corrected chi connectivity index (χ1v) is 7.27. The molecule has 0 aliphatic rings. The van der Waals surface area contributed by atoms with Gasteiger partial charge in [0.15, 0.2) is 0 Å². The van der Waals surface area contributed by atoms with E-state index in [9.17, 15) is 4.79 Å². The number of nitrogens with zero attached hydrogens (tertiary/aromatic N) is 1. The minimum atomic E-state index is -0.106. The van der Waals surface area contributed by atoms with E-state index in [-0.39, 0.29) is 11.3 Å². The first kappa shape index (κ1) is 16.2. The molecule has 108 valence electrons. The molecule has 0 saturated heterocycles. The van der Waals surface area contributed by atoms with Crippen LogP contribution < -0.4 is 5.32 Å². The van der Waals surface area contributed by atoms with Crippen LogP contribution in [0.3, 0.4) is 0 Å². The summed E-state index contributed by atoms with van der Waals surface area (Å²) in [6.07, 6.45) is 4.76. The first-order chi connectivity index (χ1) is 9.48. The van der Waals surface area contributed by atoms with Gasteiger partial charge in [0.25, 0.3) is 5.91 Å². The van der Waals surface area contributed by atoms with Gasteiger partial charge in [-0.05, 0) is 30.0 Å². The lowest BCUT2D eigenvalue weighted by molar-refractivity contribution is 0.0934. The van der Waals surface area contributed by atoms with E-state index in [0.717, 1.165) is 6.42 Å². The van der Waals surface area contributed by atoms with Gasteiger partial charge in [-0.3, -0.25) is 4.79 Å². The Balaban J connectivity index is 2.52. The van der Waals surface area contributed by atoms with Crippen molar-refractivity contribution < 1.29 is 4.79 Å². The third-order valence-corrected chi connectivity index (χ3v) is 3.44. The van der Waals surface area contributed by atoms with Crippen molar-refractivity contribution in [1.29, 1.82) is 5.26 Å². The topological polar surface area (TPSA) is 52.9 Å². The van der Waals surface area contributed by atoms with Crippen LogP contribution in [0.5, 0.6) is 0 Å². The zero-order valence-electron chi connectivity index (χ0n) is 12.7. The Morgan fingerprint density at radius 3 is 2.75 bits per heavy atom. The van der Waals surface area contributed by atoms with Crippen molar-refractivity contribution in [3.05, 3.63) is 35.4 Å². The monoisotopic (exact) mass is 272 g/mol. The Bertz CT molecular complexity index is 486. The number of hydrogen-bond donors (Lipinski definition) is 1. The zero-order chi connectivity index (χ0) is 15.0. The lowest BCUT2D eigenvalue weighted by atomic mass is 9.87. The normalized spacial score (nSPS) is 10.9. The summed E-state index contributed by atoms with van der Waals surface area (Å²) in [5.74, 6) is -0.106. The molecule has 3 nitrogen and oxygen atoms in total. The minimum absolute atomic E-state index is 0.106. The molecule has 0 aliphatic heterocycles. The van der Waals surface area contributed by atoms with E-state index in [1.807, 2.05) is 6.07 Å². The summed E-state index contributed by atoms with van der Waals surface area (Å²) in [5.41, 5.74) is 1.17.